The van der Waals surface area contributed by atoms with Crippen LogP contribution in [0.3, 0.4) is 0 Å². The van der Waals surface area contributed by atoms with Crippen LogP contribution in [0.5, 0.6) is 0 Å². The van der Waals surface area contributed by atoms with Crippen molar-refractivity contribution in [1.29, 1.82) is 0 Å². The molecular formula is C13H25N3O2. The third-order valence-corrected chi connectivity index (χ3v) is 3.57. The lowest BCUT2D eigenvalue weighted by molar-refractivity contribution is -0.126. The van der Waals surface area contributed by atoms with Crippen LogP contribution in [0.2, 0.25) is 0 Å². The van der Waals surface area contributed by atoms with Gasteiger partial charge in [0.15, 0.2) is 0 Å². The molecule has 1 aliphatic carbocycles. The summed E-state index contributed by atoms with van der Waals surface area (Å²) in [5.74, 6) is 0.113. The Morgan fingerprint density at radius 1 is 1.44 bits per heavy atom. The number of nitrogens with one attached hydrogen (secondary N) is 2. The van der Waals surface area contributed by atoms with Gasteiger partial charge in [-0.1, -0.05) is 6.92 Å². The molecule has 1 aliphatic rings. The summed E-state index contributed by atoms with van der Waals surface area (Å²) in [4.78, 5) is 23.3. The molecule has 1 rings (SSSR count). The molecule has 2 atom stereocenters. The average molecular weight is 255 g/mol. The van der Waals surface area contributed by atoms with Gasteiger partial charge in [0.1, 0.15) is 0 Å². The molecule has 0 aromatic carbocycles. The number of carbonyl (C=O) groups is 2. The molecule has 0 saturated heterocycles. The molecule has 0 aromatic heterocycles. The highest BCUT2D eigenvalue weighted by molar-refractivity contribution is 5.87. The van der Waals surface area contributed by atoms with Gasteiger partial charge in [0, 0.05) is 19.0 Å². The number of rotatable bonds is 7. The van der Waals surface area contributed by atoms with Crippen molar-refractivity contribution in [3.8, 4) is 0 Å². The van der Waals surface area contributed by atoms with Gasteiger partial charge in [-0.2, -0.15) is 0 Å². The first kappa shape index (κ1) is 15.0. The van der Waals surface area contributed by atoms with E-state index in [1.807, 2.05) is 13.8 Å². The van der Waals surface area contributed by atoms with Crippen LogP contribution in [0.15, 0.2) is 0 Å². The molecule has 0 radical (unpaired) electrons. The fraction of sp³-hybridized carbons (Fsp3) is 0.846. The van der Waals surface area contributed by atoms with Crippen LogP contribution in [-0.4, -0.2) is 29.9 Å². The van der Waals surface area contributed by atoms with Crippen LogP contribution in [0.4, 0.5) is 0 Å². The lowest BCUT2D eigenvalue weighted by atomic mass is 9.96. The summed E-state index contributed by atoms with van der Waals surface area (Å²) in [5, 5.41) is 5.60. The van der Waals surface area contributed by atoms with Gasteiger partial charge >= 0.3 is 0 Å². The van der Waals surface area contributed by atoms with E-state index >= 15 is 0 Å². The Labute approximate surface area is 109 Å². The van der Waals surface area contributed by atoms with Crippen LogP contribution >= 0.6 is 0 Å². The van der Waals surface area contributed by atoms with Crippen molar-refractivity contribution in [3.63, 3.8) is 0 Å². The van der Waals surface area contributed by atoms with Crippen molar-refractivity contribution in [3.05, 3.63) is 0 Å². The zero-order valence-electron chi connectivity index (χ0n) is 11.6. The Hall–Kier alpha value is -1.10. The highest BCUT2D eigenvalue weighted by atomic mass is 16.2. The van der Waals surface area contributed by atoms with Crippen LogP contribution in [0.25, 0.3) is 0 Å². The molecule has 1 fully saturated rings. The molecule has 4 N–H and O–H groups in total. The van der Waals surface area contributed by atoms with Gasteiger partial charge in [-0.25, -0.2) is 0 Å². The second-order valence-corrected chi connectivity index (χ2v) is 5.44. The minimum Gasteiger partial charge on any atom is -0.354 e. The van der Waals surface area contributed by atoms with Gasteiger partial charge in [0.25, 0.3) is 0 Å². The SMILES string of the molecule is CCC(C)NC(=O)CCNC(=O)C(C)(N)C1CC1. The molecule has 104 valence electrons. The predicted molar refractivity (Wildman–Crippen MR) is 70.8 cm³/mol. The van der Waals surface area contributed by atoms with Crippen LogP contribution in [-0.2, 0) is 9.59 Å². The van der Waals surface area contributed by atoms with Gasteiger partial charge in [-0.15, -0.1) is 0 Å². The van der Waals surface area contributed by atoms with Gasteiger partial charge < -0.3 is 16.4 Å². The standard InChI is InChI=1S/C13H25N3O2/c1-4-9(2)16-11(17)7-8-15-12(18)13(3,14)10-5-6-10/h9-10H,4-8,14H2,1-3H3,(H,15,18)(H,16,17). The quantitative estimate of drug-likeness (QED) is 0.620. The molecule has 1 saturated carbocycles. The maximum Gasteiger partial charge on any atom is 0.240 e. The number of amides is 2. The Morgan fingerprint density at radius 2 is 2.06 bits per heavy atom. The zero-order valence-corrected chi connectivity index (χ0v) is 11.6. The highest BCUT2D eigenvalue weighted by Crippen LogP contribution is 2.37. The van der Waals surface area contributed by atoms with Crippen LogP contribution in [0, 0.1) is 5.92 Å². The van der Waals surface area contributed by atoms with Crippen molar-refractivity contribution in [2.75, 3.05) is 6.54 Å². The number of hydrogen-bond acceptors (Lipinski definition) is 3. The van der Waals surface area contributed by atoms with E-state index in [4.69, 9.17) is 5.73 Å². The molecule has 18 heavy (non-hydrogen) atoms. The normalized spacial score (nSPS) is 19.8. The minimum absolute atomic E-state index is 0.0326. The Balaban J connectivity index is 2.21. The van der Waals surface area contributed by atoms with Crippen molar-refractivity contribution in [2.45, 2.75) is 58.0 Å². The Kier molecular flexibility index (Phi) is 5.14. The van der Waals surface area contributed by atoms with Crippen LogP contribution in [0.1, 0.15) is 46.5 Å². The molecule has 0 aliphatic heterocycles. The summed E-state index contributed by atoms with van der Waals surface area (Å²) >= 11 is 0. The first-order valence-electron chi connectivity index (χ1n) is 6.74. The summed E-state index contributed by atoms with van der Waals surface area (Å²) in [6, 6.07) is 0.180. The molecule has 0 heterocycles. The van der Waals surface area contributed by atoms with Gasteiger partial charge in [0.2, 0.25) is 11.8 Å². The molecule has 2 unspecified atom stereocenters. The van der Waals surface area contributed by atoms with Crippen molar-refractivity contribution in [2.24, 2.45) is 11.7 Å². The smallest absolute Gasteiger partial charge is 0.240 e. The van der Waals surface area contributed by atoms with Crippen molar-refractivity contribution >= 4 is 11.8 Å². The molecule has 5 heteroatoms. The van der Waals surface area contributed by atoms with Gasteiger partial charge in [-0.3, -0.25) is 9.59 Å². The summed E-state index contributed by atoms with van der Waals surface area (Å²) in [6.45, 7) is 6.09. The molecule has 2 amide bonds. The zero-order chi connectivity index (χ0) is 13.8. The summed E-state index contributed by atoms with van der Waals surface area (Å²) in [5.41, 5.74) is 5.19. The van der Waals surface area contributed by atoms with E-state index in [1.54, 1.807) is 6.92 Å². The molecule has 0 bridgehead atoms. The van der Waals surface area contributed by atoms with Crippen molar-refractivity contribution in [1.82, 2.24) is 10.6 Å². The molecular weight excluding hydrogens is 230 g/mol. The maximum absolute atomic E-state index is 11.8. The van der Waals surface area contributed by atoms with E-state index in [0.29, 0.717) is 18.9 Å². The predicted octanol–water partition coefficient (Wildman–Crippen LogP) is 0.535. The summed E-state index contributed by atoms with van der Waals surface area (Å²) < 4.78 is 0. The summed E-state index contributed by atoms with van der Waals surface area (Å²) in [6.07, 6.45) is 3.25. The van der Waals surface area contributed by atoms with Gasteiger partial charge in [0.05, 0.1) is 5.54 Å². The second kappa shape index (κ2) is 6.18. The lowest BCUT2D eigenvalue weighted by Crippen LogP contribution is -2.53. The first-order valence-corrected chi connectivity index (χ1v) is 6.74. The Bertz CT molecular complexity index is 311. The highest BCUT2D eigenvalue weighted by Gasteiger charge is 2.43. The number of hydrogen-bond donors (Lipinski definition) is 3. The van der Waals surface area contributed by atoms with E-state index in [0.717, 1.165) is 19.3 Å². The van der Waals surface area contributed by atoms with E-state index in [9.17, 15) is 9.59 Å². The fourth-order valence-electron chi connectivity index (χ4n) is 1.80. The molecule has 0 spiro atoms. The average Bonchev–Trinajstić information content (AvgIpc) is 3.12. The van der Waals surface area contributed by atoms with Gasteiger partial charge in [-0.05, 0) is 39.0 Å². The van der Waals surface area contributed by atoms with Crippen LogP contribution < -0.4 is 16.4 Å². The number of carbonyl (C=O) groups excluding carboxylic acids is 2. The topological polar surface area (TPSA) is 84.2 Å². The first-order chi connectivity index (χ1) is 8.37. The second-order valence-electron chi connectivity index (χ2n) is 5.44. The van der Waals surface area contributed by atoms with E-state index in [1.165, 1.54) is 0 Å². The minimum atomic E-state index is -0.785. The van der Waals surface area contributed by atoms with E-state index < -0.39 is 5.54 Å². The lowest BCUT2D eigenvalue weighted by Gasteiger charge is -2.23. The third-order valence-electron chi connectivity index (χ3n) is 3.57. The third kappa shape index (κ3) is 4.29. The van der Waals surface area contributed by atoms with E-state index in [2.05, 4.69) is 10.6 Å². The number of nitrogens with two attached hydrogens (primary N) is 1. The maximum atomic E-state index is 11.8. The Morgan fingerprint density at radius 3 is 2.56 bits per heavy atom. The van der Waals surface area contributed by atoms with Crippen molar-refractivity contribution < 1.29 is 9.59 Å². The molecule has 5 nitrogen and oxygen atoms in total. The monoisotopic (exact) mass is 255 g/mol. The fourth-order valence-corrected chi connectivity index (χ4v) is 1.80. The molecule has 0 aromatic rings. The largest absolute Gasteiger partial charge is 0.354 e. The summed E-state index contributed by atoms with van der Waals surface area (Å²) in [7, 11) is 0. The van der Waals surface area contributed by atoms with E-state index in [-0.39, 0.29) is 17.9 Å².